The van der Waals surface area contributed by atoms with Crippen LogP contribution >= 0.6 is 0 Å². The minimum atomic E-state index is -0.434. The van der Waals surface area contributed by atoms with E-state index in [0.29, 0.717) is 0 Å². The highest BCUT2D eigenvalue weighted by atomic mass is 16.3. The number of aliphatic hydroxyl groups is 1. The van der Waals surface area contributed by atoms with E-state index in [-0.39, 0.29) is 0 Å². The highest BCUT2D eigenvalue weighted by molar-refractivity contribution is 4.79. The highest BCUT2D eigenvalue weighted by Gasteiger charge is 1.88. The number of unbranched alkanes of at least 4 members (excludes halogenated alkanes) is 6. The summed E-state index contributed by atoms with van der Waals surface area (Å²) in [5, 5.41) is 11.7. The smallest absolute Gasteiger partial charge is 0.121 e. The van der Waals surface area contributed by atoms with E-state index in [0.717, 1.165) is 6.42 Å². The van der Waals surface area contributed by atoms with Crippen LogP contribution in [0.5, 0.6) is 0 Å². The zero-order valence-electron chi connectivity index (χ0n) is 9.63. The molecule has 1 unspecified atom stereocenters. The van der Waals surface area contributed by atoms with Gasteiger partial charge in [-0.15, -0.1) is 0 Å². The van der Waals surface area contributed by atoms with Crippen LogP contribution in [-0.4, -0.2) is 11.3 Å². The molecule has 0 spiro atoms. The molecule has 0 heterocycles. The molecular formula is C12H25NO. The van der Waals surface area contributed by atoms with Crippen molar-refractivity contribution in [3.05, 3.63) is 12.3 Å². The Labute approximate surface area is 88.4 Å². The number of nitrogens with one attached hydrogen (secondary N) is 1. The molecule has 0 aromatic heterocycles. The first-order valence-corrected chi connectivity index (χ1v) is 5.86. The van der Waals surface area contributed by atoms with E-state index in [4.69, 9.17) is 5.11 Å². The van der Waals surface area contributed by atoms with Gasteiger partial charge in [0.05, 0.1) is 0 Å². The topological polar surface area (TPSA) is 32.3 Å². The van der Waals surface area contributed by atoms with Gasteiger partial charge >= 0.3 is 0 Å². The van der Waals surface area contributed by atoms with Crippen LogP contribution in [0.1, 0.15) is 58.8 Å². The van der Waals surface area contributed by atoms with Gasteiger partial charge in [-0.2, -0.15) is 0 Å². The number of allylic oxidation sites excluding steroid dienone is 1. The molecule has 0 aliphatic carbocycles. The molecule has 0 rings (SSSR count). The molecule has 14 heavy (non-hydrogen) atoms. The van der Waals surface area contributed by atoms with Crippen molar-refractivity contribution in [3.8, 4) is 0 Å². The summed E-state index contributed by atoms with van der Waals surface area (Å²) in [5.41, 5.74) is 0. The molecule has 0 aromatic carbocycles. The molecule has 0 radical (unpaired) electrons. The van der Waals surface area contributed by atoms with Crippen molar-refractivity contribution in [3.63, 3.8) is 0 Å². The number of aliphatic hydroxyl groups excluding tert-OH is 1. The van der Waals surface area contributed by atoms with Crippen molar-refractivity contribution in [1.29, 1.82) is 0 Å². The lowest BCUT2D eigenvalue weighted by Crippen LogP contribution is -2.18. The largest absolute Gasteiger partial charge is 0.374 e. The lowest BCUT2D eigenvalue weighted by molar-refractivity contribution is 0.173. The molecule has 2 heteroatoms. The molecule has 2 nitrogen and oxygen atoms in total. The molecule has 84 valence electrons. The fraction of sp³-hybridized carbons (Fsp3) is 0.833. The summed E-state index contributed by atoms with van der Waals surface area (Å²) in [6.45, 7) is 3.96. The monoisotopic (exact) mass is 199 g/mol. The zero-order chi connectivity index (χ0) is 10.6. The van der Waals surface area contributed by atoms with E-state index in [2.05, 4.69) is 18.3 Å². The van der Waals surface area contributed by atoms with E-state index in [1.807, 2.05) is 6.20 Å². The summed E-state index contributed by atoms with van der Waals surface area (Å²) < 4.78 is 0. The van der Waals surface area contributed by atoms with Crippen molar-refractivity contribution in [2.75, 3.05) is 0 Å². The van der Waals surface area contributed by atoms with Gasteiger partial charge < -0.3 is 10.4 Å². The van der Waals surface area contributed by atoms with Gasteiger partial charge in [0.1, 0.15) is 6.23 Å². The normalized spacial score (nSPS) is 13.4. The molecule has 2 N–H and O–H groups in total. The Balaban J connectivity index is 3.01. The Bertz CT molecular complexity index is 132. The number of rotatable bonds is 9. The third kappa shape index (κ3) is 11.5. The van der Waals surface area contributed by atoms with Crippen LogP contribution in [0.15, 0.2) is 12.3 Å². The molecular weight excluding hydrogens is 174 g/mol. The predicted octanol–water partition coefficient (Wildman–Crippen LogP) is 3.18. The fourth-order valence-corrected chi connectivity index (χ4v) is 1.33. The van der Waals surface area contributed by atoms with E-state index in [1.165, 1.54) is 38.5 Å². The second kappa shape index (κ2) is 10.6. The first-order valence-electron chi connectivity index (χ1n) is 5.86. The molecule has 0 saturated carbocycles. The summed E-state index contributed by atoms with van der Waals surface area (Å²) >= 11 is 0. The number of hydrogen-bond donors (Lipinski definition) is 2. The summed E-state index contributed by atoms with van der Waals surface area (Å²) in [4.78, 5) is 0. The van der Waals surface area contributed by atoms with Crippen LogP contribution in [0.4, 0.5) is 0 Å². The van der Waals surface area contributed by atoms with E-state index in [9.17, 15) is 0 Å². The third-order valence-electron chi connectivity index (χ3n) is 2.18. The molecule has 0 amide bonds. The maximum atomic E-state index is 8.89. The van der Waals surface area contributed by atoms with Crippen molar-refractivity contribution in [2.24, 2.45) is 0 Å². The quantitative estimate of drug-likeness (QED) is 0.441. The Hall–Kier alpha value is -0.500. The third-order valence-corrected chi connectivity index (χ3v) is 2.18. The van der Waals surface area contributed by atoms with Crippen LogP contribution in [0.25, 0.3) is 0 Å². The molecule has 0 saturated heterocycles. The zero-order valence-corrected chi connectivity index (χ0v) is 9.63. The Kier molecular flexibility index (Phi) is 10.2. The van der Waals surface area contributed by atoms with Gasteiger partial charge in [0.15, 0.2) is 0 Å². The second-order valence-corrected chi connectivity index (χ2v) is 3.80. The molecule has 0 fully saturated rings. The van der Waals surface area contributed by atoms with Gasteiger partial charge in [-0.1, -0.05) is 45.1 Å². The average molecular weight is 199 g/mol. The summed E-state index contributed by atoms with van der Waals surface area (Å²) in [6.07, 6.45) is 12.7. The number of hydrogen-bond acceptors (Lipinski definition) is 2. The lowest BCUT2D eigenvalue weighted by atomic mass is 10.1. The second-order valence-electron chi connectivity index (χ2n) is 3.80. The van der Waals surface area contributed by atoms with E-state index < -0.39 is 6.23 Å². The Morgan fingerprint density at radius 2 is 1.79 bits per heavy atom. The predicted molar refractivity (Wildman–Crippen MR) is 61.9 cm³/mol. The van der Waals surface area contributed by atoms with Gasteiger partial charge in [-0.3, -0.25) is 0 Å². The van der Waals surface area contributed by atoms with Gasteiger partial charge in [0, 0.05) is 0 Å². The van der Waals surface area contributed by atoms with Crippen molar-refractivity contribution < 1.29 is 5.11 Å². The lowest BCUT2D eigenvalue weighted by Gasteiger charge is -2.01. The Morgan fingerprint density at radius 1 is 1.14 bits per heavy atom. The minimum absolute atomic E-state index is 0.434. The van der Waals surface area contributed by atoms with Gasteiger partial charge in [0.25, 0.3) is 0 Å². The van der Waals surface area contributed by atoms with Gasteiger partial charge in [-0.25, -0.2) is 0 Å². The molecule has 0 aromatic rings. The van der Waals surface area contributed by atoms with Crippen LogP contribution in [-0.2, 0) is 0 Å². The Morgan fingerprint density at radius 3 is 2.43 bits per heavy atom. The molecule has 0 aliphatic rings. The van der Waals surface area contributed by atoms with Crippen LogP contribution in [0.3, 0.4) is 0 Å². The van der Waals surface area contributed by atoms with Gasteiger partial charge in [0.2, 0.25) is 0 Å². The maximum absolute atomic E-state index is 8.89. The standard InChI is InChI=1S/C12H25NO/c1-3-4-5-6-7-8-9-10-11-13-12(2)14/h10-14H,3-9H2,1-2H3. The molecule has 0 bridgehead atoms. The highest BCUT2D eigenvalue weighted by Crippen LogP contribution is 2.06. The summed E-state index contributed by atoms with van der Waals surface area (Å²) in [6, 6.07) is 0. The fourth-order valence-electron chi connectivity index (χ4n) is 1.33. The molecule has 0 aliphatic heterocycles. The average Bonchev–Trinajstić information content (AvgIpc) is 2.15. The minimum Gasteiger partial charge on any atom is -0.374 e. The maximum Gasteiger partial charge on any atom is 0.121 e. The summed E-state index contributed by atoms with van der Waals surface area (Å²) in [7, 11) is 0. The van der Waals surface area contributed by atoms with Crippen molar-refractivity contribution in [2.45, 2.75) is 65.0 Å². The molecule has 1 atom stereocenters. The SMILES string of the molecule is CCCCCCCCC=CNC(C)O. The van der Waals surface area contributed by atoms with Crippen LogP contribution in [0.2, 0.25) is 0 Å². The van der Waals surface area contributed by atoms with Crippen molar-refractivity contribution in [1.82, 2.24) is 5.32 Å². The van der Waals surface area contributed by atoms with Crippen LogP contribution < -0.4 is 5.32 Å². The van der Waals surface area contributed by atoms with Gasteiger partial charge in [-0.05, 0) is 26.0 Å². The van der Waals surface area contributed by atoms with E-state index in [1.54, 1.807) is 6.92 Å². The van der Waals surface area contributed by atoms with E-state index >= 15 is 0 Å². The first kappa shape index (κ1) is 13.5. The summed E-state index contributed by atoms with van der Waals surface area (Å²) in [5.74, 6) is 0. The first-order chi connectivity index (χ1) is 6.77. The van der Waals surface area contributed by atoms with Crippen molar-refractivity contribution >= 4 is 0 Å². The van der Waals surface area contributed by atoms with Crippen LogP contribution in [0, 0.1) is 0 Å².